The van der Waals surface area contributed by atoms with Crippen LogP contribution in [0, 0.1) is 0 Å². The highest BCUT2D eigenvalue weighted by molar-refractivity contribution is 6.13. The molecule has 0 fully saturated rings. The van der Waals surface area contributed by atoms with Gasteiger partial charge in [0.15, 0.2) is 0 Å². The summed E-state index contributed by atoms with van der Waals surface area (Å²) in [6.07, 6.45) is 0. The molecule has 0 unspecified atom stereocenters. The Balaban J connectivity index is 2.04. The Kier molecular flexibility index (Phi) is 3.40. The van der Waals surface area contributed by atoms with Crippen LogP contribution in [0.2, 0.25) is 0 Å². The Bertz CT molecular complexity index is 1030. The zero-order valence-electron chi connectivity index (χ0n) is 13.1. The second-order valence-corrected chi connectivity index (χ2v) is 5.90. The molecular formula is C20H18N2O2. The van der Waals surface area contributed by atoms with Gasteiger partial charge in [-0.2, -0.15) is 0 Å². The number of hydrogen-bond donors (Lipinski definition) is 3. The SMILES string of the molecule is Nc1cc(-c2ccc(O)cc2)cc2c3ccccc3n(CCO)c12. The zero-order chi connectivity index (χ0) is 16.7. The fourth-order valence-electron chi connectivity index (χ4n) is 3.37. The highest BCUT2D eigenvalue weighted by atomic mass is 16.3. The number of benzene rings is 3. The van der Waals surface area contributed by atoms with Crippen LogP contribution in [-0.2, 0) is 6.54 Å². The topological polar surface area (TPSA) is 71.4 Å². The van der Waals surface area contributed by atoms with E-state index in [1.165, 1.54) is 0 Å². The van der Waals surface area contributed by atoms with Crippen molar-refractivity contribution in [3.8, 4) is 16.9 Å². The first-order valence-corrected chi connectivity index (χ1v) is 7.90. The van der Waals surface area contributed by atoms with Crippen molar-refractivity contribution in [2.75, 3.05) is 12.3 Å². The highest BCUT2D eigenvalue weighted by Gasteiger charge is 2.14. The summed E-state index contributed by atoms with van der Waals surface area (Å²) in [5.41, 5.74) is 11.1. The van der Waals surface area contributed by atoms with Gasteiger partial charge < -0.3 is 20.5 Å². The summed E-state index contributed by atoms with van der Waals surface area (Å²) in [5, 5.41) is 21.1. The summed E-state index contributed by atoms with van der Waals surface area (Å²) < 4.78 is 2.07. The number of phenolic OH excluding ortho intramolecular Hbond substituents is 1. The first-order valence-electron chi connectivity index (χ1n) is 7.90. The van der Waals surface area contributed by atoms with Crippen LogP contribution in [0.25, 0.3) is 32.9 Å². The molecule has 0 spiro atoms. The van der Waals surface area contributed by atoms with E-state index in [-0.39, 0.29) is 12.4 Å². The second-order valence-electron chi connectivity index (χ2n) is 5.90. The maximum absolute atomic E-state index is 9.48. The van der Waals surface area contributed by atoms with Gasteiger partial charge in [-0.05, 0) is 41.5 Å². The summed E-state index contributed by atoms with van der Waals surface area (Å²) >= 11 is 0. The first-order chi connectivity index (χ1) is 11.7. The number of aliphatic hydroxyl groups excluding tert-OH is 1. The van der Waals surface area contributed by atoms with Crippen LogP contribution in [-0.4, -0.2) is 21.4 Å². The van der Waals surface area contributed by atoms with Crippen LogP contribution in [0.4, 0.5) is 5.69 Å². The van der Waals surface area contributed by atoms with Crippen molar-refractivity contribution in [1.82, 2.24) is 4.57 Å². The average molecular weight is 318 g/mol. The van der Waals surface area contributed by atoms with Gasteiger partial charge in [0.1, 0.15) is 5.75 Å². The maximum Gasteiger partial charge on any atom is 0.115 e. The molecule has 0 aliphatic heterocycles. The van der Waals surface area contributed by atoms with Crippen LogP contribution in [0.5, 0.6) is 5.75 Å². The molecular weight excluding hydrogens is 300 g/mol. The number of para-hydroxylation sites is 1. The maximum atomic E-state index is 9.48. The number of fused-ring (bicyclic) bond motifs is 3. The number of rotatable bonds is 3. The van der Waals surface area contributed by atoms with Crippen LogP contribution >= 0.6 is 0 Å². The van der Waals surface area contributed by atoms with E-state index < -0.39 is 0 Å². The number of aromatic nitrogens is 1. The molecule has 0 atom stereocenters. The predicted octanol–water partition coefficient (Wildman–Crippen LogP) is 3.74. The summed E-state index contributed by atoms with van der Waals surface area (Å²) in [6.45, 7) is 0.569. The van der Waals surface area contributed by atoms with E-state index >= 15 is 0 Å². The van der Waals surface area contributed by atoms with E-state index in [2.05, 4.69) is 16.7 Å². The van der Waals surface area contributed by atoms with Gasteiger partial charge in [-0.25, -0.2) is 0 Å². The van der Waals surface area contributed by atoms with Crippen molar-refractivity contribution in [3.63, 3.8) is 0 Å². The monoisotopic (exact) mass is 318 g/mol. The Labute approximate surface area is 139 Å². The van der Waals surface area contributed by atoms with Gasteiger partial charge in [0.2, 0.25) is 0 Å². The number of nitrogens with zero attached hydrogens (tertiary/aromatic N) is 1. The fraction of sp³-hybridized carbons (Fsp3) is 0.100. The predicted molar refractivity (Wildman–Crippen MR) is 98.0 cm³/mol. The molecule has 4 N–H and O–H groups in total. The Morgan fingerprint density at radius 3 is 2.38 bits per heavy atom. The normalized spacial score (nSPS) is 11.4. The molecule has 0 aliphatic carbocycles. The minimum Gasteiger partial charge on any atom is -0.508 e. The molecule has 0 saturated carbocycles. The number of anilines is 1. The van der Waals surface area contributed by atoms with Crippen molar-refractivity contribution < 1.29 is 10.2 Å². The van der Waals surface area contributed by atoms with Crippen molar-refractivity contribution in [3.05, 3.63) is 60.7 Å². The lowest BCUT2D eigenvalue weighted by Crippen LogP contribution is -2.03. The third-order valence-electron chi connectivity index (χ3n) is 4.42. The summed E-state index contributed by atoms with van der Waals surface area (Å²) in [6, 6.07) is 19.3. The largest absolute Gasteiger partial charge is 0.508 e. The average Bonchev–Trinajstić information content (AvgIpc) is 2.91. The number of hydrogen-bond acceptors (Lipinski definition) is 3. The molecule has 4 nitrogen and oxygen atoms in total. The summed E-state index contributed by atoms with van der Waals surface area (Å²) in [4.78, 5) is 0. The van der Waals surface area contributed by atoms with Crippen molar-refractivity contribution in [2.24, 2.45) is 0 Å². The molecule has 0 amide bonds. The zero-order valence-corrected chi connectivity index (χ0v) is 13.1. The van der Waals surface area contributed by atoms with Crippen LogP contribution in [0.3, 0.4) is 0 Å². The van der Waals surface area contributed by atoms with Gasteiger partial charge in [0, 0.05) is 22.8 Å². The molecule has 0 bridgehead atoms. The quantitative estimate of drug-likeness (QED) is 0.504. The molecule has 0 aliphatic rings. The molecule has 1 heterocycles. The van der Waals surface area contributed by atoms with Crippen molar-refractivity contribution in [1.29, 1.82) is 0 Å². The smallest absolute Gasteiger partial charge is 0.115 e. The number of aromatic hydroxyl groups is 1. The minimum absolute atomic E-state index is 0.0624. The molecule has 0 radical (unpaired) electrons. The third-order valence-corrected chi connectivity index (χ3v) is 4.42. The van der Waals surface area contributed by atoms with Gasteiger partial charge in [-0.3, -0.25) is 0 Å². The Morgan fingerprint density at radius 2 is 1.62 bits per heavy atom. The molecule has 24 heavy (non-hydrogen) atoms. The molecule has 4 heteroatoms. The van der Waals surface area contributed by atoms with Gasteiger partial charge in [0.05, 0.1) is 17.8 Å². The molecule has 0 saturated heterocycles. The summed E-state index contributed by atoms with van der Waals surface area (Å²) in [7, 11) is 0. The van der Waals surface area contributed by atoms with Gasteiger partial charge in [-0.1, -0.05) is 30.3 Å². The van der Waals surface area contributed by atoms with Crippen LogP contribution in [0.15, 0.2) is 60.7 Å². The standard InChI is InChI=1S/C20H18N2O2/c21-18-12-14(13-5-7-15(24)8-6-13)11-17-16-3-1-2-4-19(16)22(9-10-23)20(17)18/h1-8,11-12,23-24H,9-10,21H2. The minimum atomic E-state index is 0.0624. The van der Waals surface area contributed by atoms with E-state index in [0.29, 0.717) is 12.2 Å². The van der Waals surface area contributed by atoms with Gasteiger partial charge >= 0.3 is 0 Å². The molecule has 4 rings (SSSR count). The molecule has 3 aromatic carbocycles. The number of phenols is 1. The lowest BCUT2D eigenvalue weighted by atomic mass is 10.0. The number of nitrogen functional groups attached to an aromatic ring is 1. The van der Waals surface area contributed by atoms with Crippen LogP contribution < -0.4 is 5.73 Å². The van der Waals surface area contributed by atoms with Crippen molar-refractivity contribution in [2.45, 2.75) is 6.54 Å². The van der Waals surface area contributed by atoms with E-state index in [9.17, 15) is 10.2 Å². The van der Waals surface area contributed by atoms with E-state index in [1.807, 2.05) is 36.4 Å². The van der Waals surface area contributed by atoms with Crippen molar-refractivity contribution >= 4 is 27.5 Å². The molecule has 4 aromatic rings. The second kappa shape index (κ2) is 5.58. The van der Waals surface area contributed by atoms with Gasteiger partial charge in [-0.15, -0.1) is 0 Å². The Hall–Kier alpha value is -2.98. The lowest BCUT2D eigenvalue weighted by molar-refractivity contribution is 0.280. The van der Waals surface area contributed by atoms with E-state index in [4.69, 9.17) is 5.73 Å². The van der Waals surface area contributed by atoms with E-state index in [1.54, 1.807) is 12.1 Å². The first kappa shape index (κ1) is 14.6. The number of nitrogens with two attached hydrogens (primary N) is 1. The third kappa shape index (κ3) is 2.20. The molecule has 120 valence electrons. The molecule has 1 aromatic heterocycles. The Morgan fingerprint density at radius 1 is 0.875 bits per heavy atom. The van der Waals surface area contributed by atoms with E-state index in [0.717, 1.165) is 32.9 Å². The lowest BCUT2D eigenvalue weighted by Gasteiger charge is -2.09. The number of aliphatic hydroxyl groups is 1. The van der Waals surface area contributed by atoms with Crippen LogP contribution in [0.1, 0.15) is 0 Å². The summed E-state index contributed by atoms with van der Waals surface area (Å²) in [5.74, 6) is 0.243. The fourth-order valence-corrected chi connectivity index (χ4v) is 3.37. The highest BCUT2D eigenvalue weighted by Crippen LogP contribution is 2.36. The van der Waals surface area contributed by atoms with Gasteiger partial charge in [0.25, 0.3) is 0 Å².